The number of nitrogens with one attached hydrogen (secondary N) is 1. The van der Waals surface area contributed by atoms with Gasteiger partial charge in [-0.1, -0.05) is 24.3 Å². The van der Waals surface area contributed by atoms with E-state index in [1.165, 1.54) is 12.1 Å². The first kappa shape index (κ1) is 17.5. The number of carbonyl (C=O) groups is 1. The Balaban J connectivity index is 1.89. The van der Waals surface area contributed by atoms with Crippen LogP contribution in [0.2, 0.25) is 0 Å². The molecule has 7 heteroatoms. The second-order valence-electron chi connectivity index (χ2n) is 6.51. The molecular formula is C21H17N2O5+. The van der Waals surface area contributed by atoms with Crippen molar-refractivity contribution in [3.63, 3.8) is 0 Å². The molecule has 0 saturated heterocycles. The summed E-state index contributed by atoms with van der Waals surface area (Å²) in [6.07, 6.45) is 0. The number of nitrogens with zero attached hydrogens (tertiary/aromatic N) is 1. The summed E-state index contributed by atoms with van der Waals surface area (Å²) in [7, 11) is 0. The molecule has 4 rings (SSSR count). The van der Waals surface area contributed by atoms with Crippen LogP contribution in [0.1, 0.15) is 21.5 Å². The second kappa shape index (κ2) is 6.70. The molecule has 0 saturated carbocycles. The SMILES string of the molecule is Cc1ccc2c(c1)Oc1cc([N+](=O)O)cc(Oc3ccccc3C)c1C(=O)N2. The molecule has 3 aromatic rings. The van der Waals surface area contributed by atoms with Crippen LogP contribution >= 0.6 is 0 Å². The third-order valence-electron chi connectivity index (χ3n) is 4.42. The van der Waals surface area contributed by atoms with E-state index < -0.39 is 5.91 Å². The van der Waals surface area contributed by atoms with Crippen LogP contribution in [-0.4, -0.2) is 16.0 Å². The summed E-state index contributed by atoms with van der Waals surface area (Å²) in [5.74, 6) is 0.712. The molecule has 0 spiro atoms. The van der Waals surface area contributed by atoms with Gasteiger partial charge in [0.2, 0.25) is 0 Å². The molecule has 2 N–H and O–H groups in total. The van der Waals surface area contributed by atoms with Gasteiger partial charge in [0.05, 0.1) is 22.7 Å². The van der Waals surface area contributed by atoms with Crippen LogP contribution in [0.25, 0.3) is 0 Å². The number of hydrogen-bond donors (Lipinski definition) is 2. The van der Waals surface area contributed by atoms with E-state index in [4.69, 9.17) is 9.47 Å². The largest absolute Gasteiger partial charge is 0.456 e. The van der Waals surface area contributed by atoms with Gasteiger partial charge in [0, 0.05) is 0 Å². The zero-order chi connectivity index (χ0) is 19.8. The Labute approximate surface area is 160 Å². The molecule has 1 aliphatic heterocycles. The highest BCUT2D eigenvalue weighted by molar-refractivity contribution is 6.10. The summed E-state index contributed by atoms with van der Waals surface area (Å²) in [6, 6.07) is 15.2. The van der Waals surface area contributed by atoms with Gasteiger partial charge in [-0.2, -0.15) is 0 Å². The van der Waals surface area contributed by atoms with Gasteiger partial charge in [-0.15, -0.1) is 0 Å². The molecule has 0 radical (unpaired) electrons. The number of anilines is 1. The Morgan fingerprint density at radius 2 is 1.79 bits per heavy atom. The average molecular weight is 377 g/mol. The van der Waals surface area contributed by atoms with E-state index in [1.807, 2.05) is 32.0 Å². The second-order valence-corrected chi connectivity index (χ2v) is 6.51. The highest BCUT2D eigenvalue weighted by atomic mass is 16.6. The highest BCUT2D eigenvalue weighted by Crippen LogP contribution is 2.43. The van der Waals surface area contributed by atoms with Crippen LogP contribution in [0.5, 0.6) is 23.0 Å². The Bertz CT molecular complexity index is 1120. The Hall–Kier alpha value is -3.87. The van der Waals surface area contributed by atoms with Crippen LogP contribution in [-0.2, 0) is 0 Å². The average Bonchev–Trinajstić information content (AvgIpc) is 2.79. The molecule has 7 nitrogen and oxygen atoms in total. The van der Waals surface area contributed by atoms with E-state index in [1.54, 1.807) is 24.3 Å². The fourth-order valence-corrected chi connectivity index (χ4v) is 2.98. The lowest BCUT2D eigenvalue weighted by molar-refractivity contribution is -0.729. The lowest BCUT2D eigenvalue weighted by Crippen LogP contribution is -2.12. The van der Waals surface area contributed by atoms with Crippen molar-refractivity contribution in [1.82, 2.24) is 0 Å². The number of ether oxygens (including phenoxy) is 2. The van der Waals surface area contributed by atoms with Crippen LogP contribution in [0.15, 0.2) is 54.6 Å². The van der Waals surface area contributed by atoms with Gasteiger partial charge >= 0.3 is 5.69 Å². The minimum atomic E-state index is -0.442. The first-order chi connectivity index (χ1) is 13.4. The lowest BCUT2D eigenvalue weighted by atomic mass is 10.1. The van der Waals surface area contributed by atoms with Gasteiger partial charge in [-0.3, -0.25) is 4.79 Å². The summed E-state index contributed by atoms with van der Waals surface area (Å²) in [5.41, 5.74) is 2.29. The Morgan fingerprint density at radius 1 is 1.00 bits per heavy atom. The van der Waals surface area contributed by atoms with Gasteiger partial charge in [-0.25, -0.2) is 5.21 Å². The maximum Gasteiger partial charge on any atom is 0.324 e. The maximum absolute atomic E-state index is 12.9. The number of fused-ring (bicyclic) bond motifs is 2. The molecule has 0 atom stereocenters. The maximum atomic E-state index is 12.9. The molecule has 0 aromatic heterocycles. The van der Waals surface area contributed by atoms with Gasteiger partial charge in [0.1, 0.15) is 11.3 Å². The molecule has 0 unspecified atom stereocenters. The van der Waals surface area contributed by atoms with Crippen LogP contribution in [0.4, 0.5) is 11.4 Å². The van der Waals surface area contributed by atoms with Gasteiger partial charge in [-0.05, 0) is 43.2 Å². The first-order valence-corrected chi connectivity index (χ1v) is 8.60. The zero-order valence-corrected chi connectivity index (χ0v) is 15.2. The van der Waals surface area contributed by atoms with Crippen molar-refractivity contribution in [3.8, 4) is 23.0 Å². The number of amides is 1. The van der Waals surface area contributed by atoms with E-state index in [9.17, 15) is 14.9 Å². The van der Waals surface area contributed by atoms with E-state index in [2.05, 4.69) is 5.32 Å². The van der Waals surface area contributed by atoms with Crippen LogP contribution < -0.4 is 14.8 Å². The van der Waals surface area contributed by atoms with Crippen molar-refractivity contribution >= 4 is 17.3 Å². The smallest absolute Gasteiger partial charge is 0.324 e. The van der Waals surface area contributed by atoms with Crippen molar-refractivity contribution < 1.29 is 24.4 Å². The fraction of sp³-hybridized carbons (Fsp3) is 0.0952. The van der Waals surface area contributed by atoms with Gasteiger partial charge in [0.15, 0.2) is 17.2 Å². The predicted octanol–water partition coefficient (Wildman–Crippen LogP) is 5.25. The Morgan fingerprint density at radius 3 is 2.54 bits per heavy atom. The van der Waals surface area contributed by atoms with Gasteiger partial charge in [0.25, 0.3) is 10.8 Å². The molecule has 0 aliphatic carbocycles. The summed E-state index contributed by atoms with van der Waals surface area (Å²) < 4.78 is 11.8. The van der Waals surface area contributed by atoms with Crippen molar-refractivity contribution in [2.45, 2.75) is 13.8 Å². The fourth-order valence-electron chi connectivity index (χ4n) is 2.98. The molecule has 1 amide bonds. The molecular weight excluding hydrogens is 360 g/mol. The lowest BCUT2D eigenvalue weighted by Gasteiger charge is -2.13. The minimum absolute atomic E-state index is 0.0960. The molecule has 140 valence electrons. The molecule has 1 aliphatic rings. The third-order valence-corrected chi connectivity index (χ3v) is 4.42. The zero-order valence-electron chi connectivity index (χ0n) is 15.2. The van der Waals surface area contributed by atoms with Crippen LogP contribution in [0, 0.1) is 18.8 Å². The van der Waals surface area contributed by atoms with Gasteiger partial charge < -0.3 is 14.8 Å². The number of hydrogen-bond acceptors (Lipinski definition) is 4. The minimum Gasteiger partial charge on any atom is -0.456 e. The molecule has 28 heavy (non-hydrogen) atoms. The number of rotatable bonds is 3. The van der Waals surface area contributed by atoms with Crippen molar-refractivity contribution in [2.75, 3.05) is 5.32 Å². The molecule has 0 fully saturated rings. The standard InChI is InChI=1S/C21H16N2O5/c1-12-7-8-15-17(9-12)28-19-11-14(23(25)26)10-18(20(19)21(24)22-15)27-16-6-4-3-5-13(16)2/h3-11H,1-2H3,(H-,22,24,25,26)/p+1. The topological polar surface area (TPSA) is 87.9 Å². The van der Waals surface area contributed by atoms with E-state index in [0.717, 1.165) is 11.1 Å². The van der Waals surface area contributed by atoms with Crippen LogP contribution in [0.3, 0.4) is 0 Å². The molecule has 1 heterocycles. The highest BCUT2D eigenvalue weighted by Gasteiger charge is 2.30. The normalized spacial score (nSPS) is 12.1. The molecule has 3 aromatic carbocycles. The number of carbonyl (C=O) groups excluding carboxylic acids is 1. The number of benzene rings is 3. The quantitative estimate of drug-likeness (QED) is 0.609. The summed E-state index contributed by atoms with van der Waals surface area (Å²) in [5, 5.41) is 12.2. The Kier molecular flexibility index (Phi) is 4.19. The molecule has 0 bridgehead atoms. The first-order valence-electron chi connectivity index (χ1n) is 8.60. The number of para-hydroxylation sites is 1. The van der Waals surface area contributed by atoms with E-state index in [-0.39, 0.29) is 27.7 Å². The number of aryl methyl sites for hydroxylation is 2. The van der Waals surface area contributed by atoms with Crippen molar-refractivity contribution in [2.24, 2.45) is 0 Å². The third kappa shape index (κ3) is 3.14. The van der Waals surface area contributed by atoms with Crippen molar-refractivity contribution in [3.05, 3.63) is 76.2 Å². The summed E-state index contributed by atoms with van der Waals surface area (Å²) in [6.45, 7) is 3.76. The van der Waals surface area contributed by atoms with Crippen molar-refractivity contribution in [1.29, 1.82) is 0 Å². The predicted molar refractivity (Wildman–Crippen MR) is 102 cm³/mol. The summed E-state index contributed by atoms with van der Waals surface area (Å²) in [4.78, 5) is 24.1. The van der Waals surface area contributed by atoms with E-state index in [0.29, 0.717) is 17.2 Å². The summed E-state index contributed by atoms with van der Waals surface area (Å²) >= 11 is 0. The van der Waals surface area contributed by atoms with E-state index >= 15 is 0 Å². The monoisotopic (exact) mass is 377 g/mol.